The van der Waals surface area contributed by atoms with Crippen molar-refractivity contribution in [1.29, 1.82) is 0 Å². The highest BCUT2D eigenvalue weighted by atomic mass is 16.3. The summed E-state index contributed by atoms with van der Waals surface area (Å²) >= 11 is 0. The first kappa shape index (κ1) is 14.5. The van der Waals surface area contributed by atoms with Crippen LogP contribution in [0.5, 0.6) is 0 Å². The summed E-state index contributed by atoms with van der Waals surface area (Å²) in [6, 6.07) is 22.0. The second kappa shape index (κ2) is 6.58. The van der Waals surface area contributed by atoms with Crippen LogP contribution in [0.3, 0.4) is 0 Å². The normalized spacial score (nSPS) is 13.7. The molecule has 2 N–H and O–H groups in total. The van der Waals surface area contributed by atoms with Gasteiger partial charge in [-0.3, -0.25) is 0 Å². The van der Waals surface area contributed by atoms with Crippen LogP contribution in [0.1, 0.15) is 12.5 Å². The summed E-state index contributed by atoms with van der Waals surface area (Å²) < 4.78 is 0. The fraction of sp³-hybridized carbons (Fsp3) is 0.211. The lowest BCUT2D eigenvalue weighted by molar-refractivity contribution is 0.158. The predicted molar refractivity (Wildman–Crippen MR) is 91.0 cm³/mol. The van der Waals surface area contributed by atoms with Gasteiger partial charge in [0.2, 0.25) is 0 Å². The van der Waals surface area contributed by atoms with E-state index in [0.29, 0.717) is 6.42 Å². The molecule has 3 heteroatoms. The number of fused-ring (bicyclic) bond motifs is 1. The van der Waals surface area contributed by atoms with E-state index in [-0.39, 0.29) is 6.04 Å². The molecule has 3 nitrogen and oxygen atoms in total. The van der Waals surface area contributed by atoms with Gasteiger partial charge in [-0.05, 0) is 30.7 Å². The number of aliphatic hydroxyl groups excluding tert-OH is 1. The van der Waals surface area contributed by atoms with Gasteiger partial charge in [-0.25, -0.2) is 4.98 Å². The van der Waals surface area contributed by atoms with Crippen molar-refractivity contribution in [2.24, 2.45) is 0 Å². The van der Waals surface area contributed by atoms with Gasteiger partial charge in [0.05, 0.1) is 17.7 Å². The van der Waals surface area contributed by atoms with Crippen molar-refractivity contribution in [2.45, 2.75) is 25.5 Å². The second-order valence-corrected chi connectivity index (χ2v) is 5.58. The molecule has 112 valence electrons. The topological polar surface area (TPSA) is 45.2 Å². The van der Waals surface area contributed by atoms with E-state index in [4.69, 9.17) is 0 Å². The smallest absolute Gasteiger partial charge is 0.126 e. The molecule has 2 aromatic carbocycles. The van der Waals surface area contributed by atoms with Crippen molar-refractivity contribution in [2.75, 3.05) is 5.32 Å². The van der Waals surface area contributed by atoms with Crippen LogP contribution < -0.4 is 5.32 Å². The Labute approximate surface area is 130 Å². The first-order valence-corrected chi connectivity index (χ1v) is 7.57. The Balaban J connectivity index is 1.68. The van der Waals surface area contributed by atoms with Gasteiger partial charge in [0.1, 0.15) is 5.82 Å². The maximum absolute atomic E-state index is 10.4. The summed E-state index contributed by atoms with van der Waals surface area (Å²) in [5.74, 6) is 0.790. The van der Waals surface area contributed by atoms with Gasteiger partial charge in [-0.15, -0.1) is 0 Å². The number of hydrogen-bond acceptors (Lipinski definition) is 3. The molecule has 2 unspecified atom stereocenters. The van der Waals surface area contributed by atoms with Crippen molar-refractivity contribution < 1.29 is 5.11 Å². The molecule has 0 saturated carbocycles. The molecule has 0 aliphatic rings. The van der Waals surface area contributed by atoms with Crippen molar-refractivity contribution in [3.8, 4) is 0 Å². The van der Waals surface area contributed by atoms with Crippen LogP contribution in [0.25, 0.3) is 10.9 Å². The predicted octanol–water partition coefficient (Wildman–Crippen LogP) is 3.64. The average Bonchev–Trinajstić information content (AvgIpc) is 2.55. The van der Waals surface area contributed by atoms with Crippen LogP contribution in [0.15, 0.2) is 66.7 Å². The van der Waals surface area contributed by atoms with Gasteiger partial charge in [0, 0.05) is 11.8 Å². The zero-order chi connectivity index (χ0) is 15.4. The molecule has 3 aromatic rings. The first-order chi connectivity index (χ1) is 10.7. The lowest BCUT2D eigenvalue weighted by atomic mass is 10.0. The zero-order valence-corrected chi connectivity index (χ0v) is 12.6. The van der Waals surface area contributed by atoms with Crippen molar-refractivity contribution in [3.05, 3.63) is 72.3 Å². The number of para-hydroxylation sites is 1. The maximum Gasteiger partial charge on any atom is 0.126 e. The summed E-state index contributed by atoms with van der Waals surface area (Å²) in [6.45, 7) is 1.98. The van der Waals surface area contributed by atoms with Gasteiger partial charge < -0.3 is 10.4 Å². The minimum absolute atomic E-state index is 0.0751. The number of aliphatic hydroxyl groups is 1. The molecule has 0 amide bonds. The molecular formula is C19H20N2O. The Morgan fingerprint density at radius 3 is 2.50 bits per heavy atom. The molecule has 1 aromatic heterocycles. The molecule has 0 aliphatic carbocycles. The fourth-order valence-electron chi connectivity index (χ4n) is 2.51. The molecule has 0 fully saturated rings. The van der Waals surface area contributed by atoms with E-state index in [9.17, 15) is 5.11 Å². The Hall–Kier alpha value is -2.39. The van der Waals surface area contributed by atoms with Crippen LogP contribution >= 0.6 is 0 Å². The van der Waals surface area contributed by atoms with Crippen LogP contribution in [0, 0.1) is 0 Å². The molecule has 22 heavy (non-hydrogen) atoms. The number of nitrogens with zero attached hydrogens (tertiary/aromatic N) is 1. The SMILES string of the molecule is CC(Nc1ccc2ccccc2n1)C(O)Cc1ccccc1. The third kappa shape index (κ3) is 3.43. The fourth-order valence-corrected chi connectivity index (χ4v) is 2.51. The number of rotatable bonds is 5. The third-order valence-electron chi connectivity index (χ3n) is 3.84. The van der Waals surface area contributed by atoms with Crippen molar-refractivity contribution in [3.63, 3.8) is 0 Å². The summed E-state index contributed by atoms with van der Waals surface area (Å²) in [6.07, 6.45) is 0.165. The maximum atomic E-state index is 10.4. The monoisotopic (exact) mass is 292 g/mol. The van der Waals surface area contributed by atoms with E-state index < -0.39 is 6.10 Å². The Kier molecular flexibility index (Phi) is 4.35. The molecule has 0 aliphatic heterocycles. The molecule has 0 bridgehead atoms. The number of nitrogens with one attached hydrogen (secondary N) is 1. The summed E-state index contributed by atoms with van der Waals surface area (Å²) in [4.78, 5) is 4.58. The summed E-state index contributed by atoms with van der Waals surface area (Å²) in [5.41, 5.74) is 2.09. The number of anilines is 1. The Morgan fingerprint density at radius 2 is 1.68 bits per heavy atom. The first-order valence-electron chi connectivity index (χ1n) is 7.57. The average molecular weight is 292 g/mol. The van der Waals surface area contributed by atoms with Gasteiger partial charge >= 0.3 is 0 Å². The molecule has 1 heterocycles. The lowest BCUT2D eigenvalue weighted by Gasteiger charge is -2.21. The summed E-state index contributed by atoms with van der Waals surface area (Å²) in [5, 5.41) is 14.8. The van der Waals surface area contributed by atoms with E-state index >= 15 is 0 Å². The van der Waals surface area contributed by atoms with Crippen LogP contribution in [0.2, 0.25) is 0 Å². The van der Waals surface area contributed by atoms with E-state index in [2.05, 4.69) is 10.3 Å². The number of hydrogen-bond donors (Lipinski definition) is 2. The van der Waals surface area contributed by atoms with Gasteiger partial charge in [-0.1, -0.05) is 48.5 Å². The molecular weight excluding hydrogens is 272 g/mol. The van der Waals surface area contributed by atoms with Crippen LogP contribution in [-0.2, 0) is 6.42 Å². The molecule has 0 spiro atoms. The number of benzene rings is 2. The lowest BCUT2D eigenvalue weighted by Crippen LogP contribution is -2.32. The molecule has 3 rings (SSSR count). The standard InChI is InChI=1S/C19H20N2O/c1-14(18(22)13-15-7-3-2-4-8-15)20-19-12-11-16-9-5-6-10-17(16)21-19/h2-12,14,18,22H,13H2,1H3,(H,20,21). The van der Waals surface area contributed by atoms with Crippen LogP contribution in [0.4, 0.5) is 5.82 Å². The summed E-state index contributed by atoms with van der Waals surface area (Å²) in [7, 11) is 0. The van der Waals surface area contributed by atoms with E-state index in [1.54, 1.807) is 0 Å². The highest BCUT2D eigenvalue weighted by Crippen LogP contribution is 2.16. The zero-order valence-electron chi connectivity index (χ0n) is 12.6. The molecule has 2 atom stereocenters. The van der Waals surface area contributed by atoms with E-state index in [0.717, 1.165) is 22.3 Å². The number of aromatic nitrogens is 1. The van der Waals surface area contributed by atoms with Gasteiger partial charge in [0.25, 0.3) is 0 Å². The highest BCUT2D eigenvalue weighted by molar-refractivity contribution is 5.80. The molecule has 0 saturated heterocycles. The number of pyridine rings is 1. The second-order valence-electron chi connectivity index (χ2n) is 5.58. The van der Waals surface area contributed by atoms with Gasteiger partial charge in [0.15, 0.2) is 0 Å². The minimum atomic E-state index is -0.462. The van der Waals surface area contributed by atoms with E-state index in [1.807, 2.05) is 73.7 Å². The molecule has 0 radical (unpaired) electrons. The highest BCUT2D eigenvalue weighted by Gasteiger charge is 2.15. The van der Waals surface area contributed by atoms with Crippen LogP contribution in [-0.4, -0.2) is 22.2 Å². The van der Waals surface area contributed by atoms with Crippen molar-refractivity contribution in [1.82, 2.24) is 4.98 Å². The van der Waals surface area contributed by atoms with Crippen molar-refractivity contribution >= 4 is 16.7 Å². The van der Waals surface area contributed by atoms with Gasteiger partial charge in [-0.2, -0.15) is 0 Å². The van der Waals surface area contributed by atoms with E-state index in [1.165, 1.54) is 0 Å². The third-order valence-corrected chi connectivity index (χ3v) is 3.84. The Morgan fingerprint density at radius 1 is 0.955 bits per heavy atom. The Bertz CT molecular complexity index is 743. The quantitative estimate of drug-likeness (QED) is 0.754. The largest absolute Gasteiger partial charge is 0.391 e. The minimum Gasteiger partial charge on any atom is -0.391 e.